The number of alkyl halides is 3. The molecule has 0 spiro atoms. The van der Waals surface area contributed by atoms with Crippen LogP contribution in [0.15, 0.2) is 43.0 Å². The third-order valence-electron chi connectivity index (χ3n) is 7.39. The molecule has 212 valence electrons. The average Bonchev–Trinajstić information content (AvgIpc) is 2.91. The molecule has 1 amide bonds. The molecule has 10 heteroatoms. The summed E-state index contributed by atoms with van der Waals surface area (Å²) in [5.74, 6) is -0.826. The van der Waals surface area contributed by atoms with Crippen molar-refractivity contribution in [1.29, 1.82) is 0 Å². The molecular formula is C29H36F3N3O4. The lowest BCUT2D eigenvalue weighted by Gasteiger charge is -2.33. The summed E-state index contributed by atoms with van der Waals surface area (Å²) >= 11 is 0. The number of aliphatic carboxylic acids is 1. The highest BCUT2D eigenvalue weighted by Gasteiger charge is 2.37. The minimum absolute atomic E-state index is 0.125. The molecule has 1 heterocycles. The van der Waals surface area contributed by atoms with E-state index in [0.717, 1.165) is 24.5 Å². The second-order valence-electron chi connectivity index (χ2n) is 10.3. The van der Waals surface area contributed by atoms with Crippen LogP contribution in [-0.2, 0) is 16.5 Å². The number of carboxylic acid groups (broad SMARTS) is 1. The summed E-state index contributed by atoms with van der Waals surface area (Å²) < 4.78 is 45.8. The van der Waals surface area contributed by atoms with Gasteiger partial charge in [0.05, 0.1) is 18.6 Å². The lowest BCUT2D eigenvalue weighted by molar-refractivity contribution is -0.143. The molecule has 7 nitrogen and oxygen atoms in total. The number of nitrogens with zero attached hydrogens (tertiary/aromatic N) is 1. The molecule has 0 aliphatic heterocycles. The van der Waals surface area contributed by atoms with Crippen molar-refractivity contribution in [3.8, 4) is 5.75 Å². The predicted octanol–water partition coefficient (Wildman–Crippen LogP) is 6.33. The van der Waals surface area contributed by atoms with E-state index in [2.05, 4.69) is 22.2 Å². The molecule has 1 aliphatic rings. The zero-order chi connectivity index (χ0) is 28.8. The Bertz CT molecular complexity index is 1190. The Kier molecular flexibility index (Phi) is 9.63. The number of halogens is 3. The van der Waals surface area contributed by atoms with Gasteiger partial charge in [0.15, 0.2) is 0 Å². The first-order chi connectivity index (χ1) is 18.4. The zero-order valence-electron chi connectivity index (χ0n) is 22.5. The summed E-state index contributed by atoms with van der Waals surface area (Å²) in [6, 6.07) is 7.29. The van der Waals surface area contributed by atoms with Gasteiger partial charge in [0.25, 0.3) is 5.91 Å². The van der Waals surface area contributed by atoms with E-state index in [4.69, 9.17) is 9.84 Å². The zero-order valence-corrected chi connectivity index (χ0v) is 22.5. The molecule has 3 rings (SSSR count). The van der Waals surface area contributed by atoms with Gasteiger partial charge in [-0.1, -0.05) is 6.08 Å². The van der Waals surface area contributed by atoms with Gasteiger partial charge in [-0.2, -0.15) is 13.2 Å². The highest BCUT2D eigenvalue weighted by molar-refractivity contribution is 5.94. The summed E-state index contributed by atoms with van der Waals surface area (Å²) in [4.78, 5) is 27.9. The molecule has 2 aromatic rings. The summed E-state index contributed by atoms with van der Waals surface area (Å²) in [6.45, 7) is 7.80. The molecule has 3 N–H and O–H groups in total. The van der Waals surface area contributed by atoms with Crippen molar-refractivity contribution in [2.45, 2.75) is 64.1 Å². The van der Waals surface area contributed by atoms with Crippen LogP contribution in [0, 0.1) is 18.8 Å². The summed E-state index contributed by atoms with van der Waals surface area (Å²) in [6.07, 6.45) is 0.739. The van der Waals surface area contributed by atoms with Crippen molar-refractivity contribution in [3.63, 3.8) is 0 Å². The molecule has 1 saturated carbocycles. The largest absolute Gasteiger partial charge is 0.495 e. The van der Waals surface area contributed by atoms with E-state index in [1.54, 1.807) is 31.2 Å². The molecule has 0 unspecified atom stereocenters. The molecule has 39 heavy (non-hydrogen) atoms. The molecule has 1 aliphatic carbocycles. The fourth-order valence-corrected chi connectivity index (χ4v) is 4.99. The van der Waals surface area contributed by atoms with E-state index in [0.29, 0.717) is 43.5 Å². The first kappa shape index (κ1) is 30.0. The monoisotopic (exact) mass is 547 g/mol. The number of nitrogens with one attached hydrogen (secondary N) is 2. The van der Waals surface area contributed by atoms with Gasteiger partial charge in [0.2, 0.25) is 0 Å². The van der Waals surface area contributed by atoms with Gasteiger partial charge in [-0.05, 0) is 94.2 Å². The van der Waals surface area contributed by atoms with Gasteiger partial charge in [0, 0.05) is 17.8 Å². The van der Waals surface area contributed by atoms with Crippen LogP contribution in [0.25, 0.3) is 0 Å². The Labute approximate surface area is 226 Å². The number of rotatable bonds is 11. The number of allylic oxidation sites excluding steroid dienone is 1. The summed E-state index contributed by atoms with van der Waals surface area (Å²) in [5, 5.41) is 15.5. The van der Waals surface area contributed by atoms with Crippen LogP contribution in [0.4, 0.5) is 18.9 Å². The number of amides is 1. The quantitative estimate of drug-likeness (QED) is 0.284. The fourth-order valence-electron chi connectivity index (χ4n) is 4.99. The van der Waals surface area contributed by atoms with Crippen molar-refractivity contribution >= 4 is 17.6 Å². The Balaban J connectivity index is 1.78. The Morgan fingerprint density at radius 1 is 1.18 bits per heavy atom. The number of anilines is 1. The van der Waals surface area contributed by atoms with E-state index in [9.17, 15) is 22.8 Å². The van der Waals surface area contributed by atoms with E-state index < -0.39 is 23.4 Å². The second kappa shape index (κ2) is 12.5. The van der Waals surface area contributed by atoms with Gasteiger partial charge in [-0.3, -0.25) is 9.59 Å². The molecular weight excluding hydrogens is 511 g/mol. The number of hydrogen-bond donors (Lipinski definition) is 3. The number of carboxylic acids is 1. The van der Waals surface area contributed by atoms with Gasteiger partial charge in [-0.15, -0.1) is 6.58 Å². The van der Waals surface area contributed by atoms with Crippen molar-refractivity contribution in [2.24, 2.45) is 11.8 Å². The van der Waals surface area contributed by atoms with Gasteiger partial charge in [0.1, 0.15) is 17.1 Å². The molecule has 0 saturated heterocycles. The highest BCUT2D eigenvalue weighted by atomic mass is 19.4. The van der Waals surface area contributed by atoms with Crippen LogP contribution < -0.4 is 15.4 Å². The maximum Gasteiger partial charge on any atom is 0.433 e. The second-order valence-corrected chi connectivity index (χ2v) is 10.3. The first-order valence-electron chi connectivity index (χ1n) is 13.0. The lowest BCUT2D eigenvalue weighted by Crippen LogP contribution is -2.34. The molecule has 0 bridgehead atoms. The van der Waals surface area contributed by atoms with Crippen molar-refractivity contribution < 1.29 is 32.6 Å². The number of methoxy groups -OCH3 is 1. The van der Waals surface area contributed by atoms with Gasteiger partial charge in [-0.25, -0.2) is 4.98 Å². The Hall–Kier alpha value is -3.56. The average molecular weight is 548 g/mol. The summed E-state index contributed by atoms with van der Waals surface area (Å²) in [5.41, 5.74) is -0.0818. The van der Waals surface area contributed by atoms with E-state index in [1.807, 2.05) is 6.92 Å². The van der Waals surface area contributed by atoms with Crippen molar-refractivity contribution in [1.82, 2.24) is 10.3 Å². The number of carbonyl (C=O) groups is 2. The SMILES string of the molecule is C=CCC[C@](C)(Nc1ccc(C(=O)NCC2CCC(C(=O)O)CC2)cc1C)c1nc(C(F)(F)F)ccc1OC. The number of hydrogen-bond acceptors (Lipinski definition) is 5. The first-order valence-corrected chi connectivity index (χ1v) is 13.0. The number of carbonyl (C=O) groups excluding carboxylic acids is 1. The molecule has 1 aromatic heterocycles. The van der Waals surface area contributed by atoms with Gasteiger partial charge >= 0.3 is 12.1 Å². The lowest BCUT2D eigenvalue weighted by atomic mass is 9.82. The van der Waals surface area contributed by atoms with Gasteiger partial charge < -0.3 is 20.5 Å². The number of pyridine rings is 1. The molecule has 1 aromatic carbocycles. The van der Waals surface area contributed by atoms with Crippen LogP contribution in [0.3, 0.4) is 0 Å². The third kappa shape index (κ3) is 7.52. The van der Waals surface area contributed by atoms with E-state index >= 15 is 0 Å². The van der Waals surface area contributed by atoms with Crippen LogP contribution in [0.1, 0.15) is 72.8 Å². The van der Waals surface area contributed by atoms with E-state index in [-0.39, 0.29) is 29.2 Å². The standard InChI is InChI=1S/C29H36F3N3O4/c1-5-6-15-28(3,25-23(39-4)13-14-24(34-25)29(30,31)32)35-22-12-11-21(16-18(22)2)26(36)33-17-19-7-9-20(10-8-19)27(37)38/h5,11-14,16,19-20,35H,1,6-10,15,17H2,2-4H3,(H,33,36)(H,37,38)/t19?,20?,28-/m0/s1. The van der Waals surface area contributed by atoms with Crippen LogP contribution >= 0.6 is 0 Å². The smallest absolute Gasteiger partial charge is 0.433 e. The van der Waals surface area contributed by atoms with Crippen molar-refractivity contribution in [2.75, 3.05) is 19.0 Å². The van der Waals surface area contributed by atoms with Crippen molar-refractivity contribution in [3.05, 3.63) is 65.5 Å². The fraction of sp³-hybridized carbons (Fsp3) is 0.483. The predicted molar refractivity (Wildman–Crippen MR) is 143 cm³/mol. The number of ether oxygens (including phenoxy) is 1. The minimum Gasteiger partial charge on any atom is -0.495 e. The number of aryl methyl sites for hydroxylation is 1. The number of benzene rings is 1. The number of aromatic nitrogens is 1. The van der Waals surface area contributed by atoms with E-state index in [1.165, 1.54) is 13.2 Å². The van der Waals surface area contributed by atoms with Crippen LogP contribution in [-0.4, -0.2) is 35.6 Å². The summed E-state index contributed by atoms with van der Waals surface area (Å²) in [7, 11) is 1.39. The third-order valence-corrected chi connectivity index (χ3v) is 7.39. The maximum atomic E-state index is 13.5. The molecule has 1 fully saturated rings. The Morgan fingerprint density at radius 3 is 2.44 bits per heavy atom. The molecule has 0 radical (unpaired) electrons. The minimum atomic E-state index is -4.61. The maximum absolute atomic E-state index is 13.5. The van der Waals surface area contributed by atoms with Crippen LogP contribution in [0.2, 0.25) is 0 Å². The highest BCUT2D eigenvalue weighted by Crippen LogP contribution is 2.39. The molecule has 1 atom stereocenters. The normalized spacial score (nSPS) is 19.0. The Morgan fingerprint density at radius 2 is 1.87 bits per heavy atom. The van der Waals surface area contributed by atoms with Crippen LogP contribution in [0.5, 0.6) is 5.75 Å². The topological polar surface area (TPSA) is 101 Å².